The minimum atomic E-state index is -0.0744. The first-order valence-electron chi connectivity index (χ1n) is 9.66. The predicted molar refractivity (Wildman–Crippen MR) is 105 cm³/mol. The maximum atomic E-state index is 12.7. The average Bonchev–Trinajstić information content (AvgIpc) is 3.12. The summed E-state index contributed by atoms with van der Waals surface area (Å²) in [4.78, 5) is 18.9. The standard InChI is InChI=1S/C21H30N4O2/c1-23(14-17-9-5-4-6-10-17)16-19-13-20(22-27-19)21(26)25(3)15-18-11-7-8-12-24(18)2/h4-6,9-10,13,18H,7-8,11-12,14-16H2,1-3H3/t18-/m0/s1. The van der Waals surface area contributed by atoms with Gasteiger partial charge in [-0.05, 0) is 39.0 Å². The molecule has 6 heteroatoms. The van der Waals surface area contributed by atoms with Crippen molar-refractivity contribution in [3.8, 4) is 0 Å². The van der Waals surface area contributed by atoms with Crippen LogP contribution in [-0.2, 0) is 13.1 Å². The highest BCUT2D eigenvalue weighted by Gasteiger charge is 2.24. The van der Waals surface area contributed by atoms with Gasteiger partial charge in [0, 0.05) is 32.2 Å². The Hall–Kier alpha value is -2.18. The van der Waals surface area contributed by atoms with Crippen molar-refractivity contribution < 1.29 is 9.32 Å². The molecule has 0 saturated carbocycles. The van der Waals surface area contributed by atoms with Gasteiger partial charge in [0.25, 0.3) is 5.91 Å². The molecule has 6 nitrogen and oxygen atoms in total. The van der Waals surface area contributed by atoms with E-state index in [1.165, 1.54) is 18.4 Å². The van der Waals surface area contributed by atoms with E-state index in [9.17, 15) is 4.79 Å². The Bertz CT molecular complexity index is 731. The highest BCUT2D eigenvalue weighted by molar-refractivity contribution is 5.92. The van der Waals surface area contributed by atoms with Gasteiger partial charge in [-0.25, -0.2) is 0 Å². The van der Waals surface area contributed by atoms with Crippen LogP contribution in [0.25, 0.3) is 0 Å². The summed E-state index contributed by atoms with van der Waals surface area (Å²) in [6.07, 6.45) is 3.62. The number of carbonyl (C=O) groups is 1. The van der Waals surface area contributed by atoms with Crippen molar-refractivity contribution in [2.24, 2.45) is 0 Å². The first-order valence-corrected chi connectivity index (χ1v) is 9.66. The van der Waals surface area contributed by atoms with Gasteiger partial charge < -0.3 is 14.3 Å². The van der Waals surface area contributed by atoms with E-state index in [1.807, 2.05) is 32.3 Å². The van der Waals surface area contributed by atoms with Gasteiger partial charge in [-0.2, -0.15) is 0 Å². The van der Waals surface area contributed by atoms with Gasteiger partial charge in [-0.3, -0.25) is 9.69 Å². The van der Waals surface area contributed by atoms with Crippen LogP contribution in [0, 0.1) is 0 Å². The third-order valence-corrected chi connectivity index (χ3v) is 5.25. The normalized spacial score (nSPS) is 18.0. The SMILES string of the molecule is CN(Cc1ccccc1)Cc1cc(C(=O)N(C)C[C@@H]2CCCCN2C)no1. The van der Waals surface area contributed by atoms with Crippen LogP contribution in [0.2, 0.25) is 0 Å². The summed E-state index contributed by atoms with van der Waals surface area (Å²) in [5, 5.41) is 4.00. The topological polar surface area (TPSA) is 52.8 Å². The Morgan fingerprint density at radius 2 is 2.00 bits per heavy atom. The number of likely N-dealkylation sites (tertiary alicyclic amines) is 1. The first-order chi connectivity index (χ1) is 13.0. The van der Waals surface area contributed by atoms with Gasteiger partial charge >= 0.3 is 0 Å². The number of piperidine rings is 1. The van der Waals surface area contributed by atoms with Crippen LogP contribution in [0.1, 0.15) is 41.1 Å². The molecule has 0 radical (unpaired) electrons. The van der Waals surface area contributed by atoms with Crippen LogP contribution in [0.5, 0.6) is 0 Å². The average molecular weight is 370 g/mol. The van der Waals surface area contributed by atoms with Crippen molar-refractivity contribution in [1.29, 1.82) is 0 Å². The zero-order chi connectivity index (χ0) is 19.2. The van der Waals surface area contributed by atoms with Crippen molar-refractivity contribution in [2.45, 2.75) is 38.4 Å². The highest BCUT2D eigenvalue weighted by atomic mass is 16.5. The number of hydrogen-bond donors (Lipinski definition) is 0. The summed E-state index contributed by atoms with van der Waals surface area (Å²) < 4.78 is 5.41. The molecule has 1 amide bonds. The maximum Gasteiger partial charge on any atom is 0.275 e. The number of amides is 1. The molecule has 0 spiro atoms. The van der Waals surface area contributed by atoms with Crippen molar-refractivity contribution in [1.82, 2.24) is 19.9 Å². The van der Waals surface area contributed by atoms with Gasteiger partial charge in [0.05, 0.1) is 6.54 Å². The molecule has 0 aliphatic carbocycles. The van der Waals surface area contributed by atoms with Crippen LogP contribution >= 0.6 is 0 Å². The summed E-state index contributed by atoms with van der Waals surface area (Å²) in [7, 11) is 6.02. The van der Waals surface area contributed by atoms with Crippen molar-refractivity contribution >= 4 is 5.91 Å². The van der Waals surface area contributed by atoms with Crippen LogP contribution in [0.4, 0.5) is 0 Å². The molecule has 1 aromatic carbocycles. The Kier molecular flexibility index (Phi) is 6.63. The van der Waals surface area contributed by atoms with E-state index in [2.05, 4.69) is 34.1 Å². The molecule has 0 unspecified atom stereocenters. The Balaban J connectivity index is 1.53. The summed E-state index contributed by atoms with van der Waals surface area (Å²) >= 11 is 0. The quantitative estimate of drug-likeness (QED) is 0.750. The molecule has 0 N–H and O–H groups in total. The molecule has 1 saturated heterocycles. The van der Waals surface area contributed by atoms with E-state index >= 15 is 0 Å². The lowest BCUT2D eigenvalue weighted by atomic mass is 10.0. The number of rotatable bonds is 7. The second kappa shape index (κ2) is 9.15. The molecule has 2 heterocycles. The fourth-order valence-corrected chi connectivity index (χ4v) is 3.67. The number of nitrogens with zero attached hydrogens (tertiary/aromatic N) is 4. The van der Waals surface area contributed by atoms with E-state index in [0.29, 0.717) is 24.0 Å². The van der Waals surface area contributed by atoms with Crippen molar-refractivity contribution in [3.05, 3.63) is 53.4 Å². The molecular formula is C21H30N4O2. The third-order valence-electron chi connectivity index (χ3n) is 5.25. The molecule has 2 aromatic rings. The number of carbonyl (C=O) groups excluding carboxylic acids is 1. The summed E-state index contributed by atoms with van der Waals surface area (Å²) in [6.45, 7) is 3.27. The zero-order valence-corrected chi connectivity index (χ0v) is 16.6. The van der Waals surface area contributed by atoms with Crippen LogP contribution in [0.15, 0.2) is 40.9 Å². The smallest absolute Gasteiger partial charge is 0.275 e. The molecule has 1 aromatic heterocycles. The molecular weight excluding hydrogens is 340 g/mol. The Labute approximate surface area is 161 Å². The van der Waals surface area contributed by atoms with Crippen molar-refractivity contribution in [3.63, 3.8) is 0 Å². The predicted octanol–water partition coefficient (Wildman–Crippen LogP) is 2.86. The fraction of sp³-hybridized carbons (Fsp3) is 0.524. The van der Waals surface area contributed by atoms with Crippen LogP contribution in [-0.4, -0.2) is 66.0 Å². The Morgan fingerprint density at radius 1 is 1.22 bits per heavy atom. The van der Waals surface area contributed by atoms with E-state index in [0.717, 1.165) is 26.1 Å². The summed E-state index contributed by atoms with van der Waals surface area (Å²) in [5.41, 5.74) is 1.63. The lowest BCUT2D eigenvalue weighted by Gasteiger charge is -2.34. The van der Waals surface area contributed by atoms with E-state index in [4.69, 9.17) is 4.52 Å². The zero-order valence-electron chi connectivity index (χ0n) is 16.6. The first kappa shape index (κ1) is 19.6. The molecule has 27 heavy (non-hydrogen) atoms. The van der Waals surface area contributed by atoms with Crippen molar-refractivity contribution in [2.75, 3.05) is 34.2 Å². The molecule has 1 fully saturated rings. The molecule has 1 aliphatic heterocycles. The van der Waals surface area contributed by atoms with Gasteiger partial charge in [0.1, 0.15) is 0 Å². The minimum Gasteiger partial charge on any atom is -0.359 e. The number of likely N-dealkylation sites (N-methyl/N-ethyl adjacent to an activating group) is 2. The molecule has 0 bridgehead atoms. The summed E-state index contributed by atoms with van der Waals surface area (Å²) in [5.74, 6) is 0.634. The second-order valence-electron chi connectivity index (χ2n) is 7.65. The van der Waals surface area contributed by atoms with Gasteiger partial charge in [0.15, 0.2) is 11.5 Å². The second-order valence-corrected chi connectivity index (χ2v) is 7.65. The van der Waals surface area contributed by atoms with E-state index in [-0.39, 0.29) is 5.91 Å². The minimum absolute atomic E-state index is 0.0744. The number of aromatic nitrogens is 1. The summed E-state index contributed by atoms with van der Waals surface area (Å²) in [6, 6.07) is 12.5. The van der Waals surface area contributed by atoms with Gasteiger partial charge in [-0.1, -0.05) is 41.9 Å². The lowest BCUT2D eigenvalue weighted by molar-refractivity contribution is 0.0707. The third kappa shape index (κ3) is 5.40. The number of benzene rings is 1. The molecule has 3 rings (SSSR count). The number of hydrogen-bond acceptors (Lipinski definition) is 5. The van der Waals surface area contributed by atoms with E-state index in [1.54, 1.807) is 11.0 Å². The Morgan fingerprint density at radius 3 is 2.74 bits per heavy atom. The van der Waals surface area contributed by atoms with E-state index < -0.39 is 0 Å². The molecule has 1 aliphatic rings. The van der Waals surface area contributed by atoms with Crippen LogP contribution < -0.4 is 0 Å². The fourth-order valence-electron chi connectivity index (χ4n) is 3.67. The largest absolute Gasteiger partial charge is 0.359 e. The highest BCUT2D eigenvalue weighted by Crippen LogP contribution is 2.17. The van der Waals surface area contributed by atoms with Gasteiger partial charge in [0.2, 0.25) is 0 Å². The maximum absolute atomic E-state index is 12.7. The molecule has 146 valence electrons. The van der Waals surface area contributed by atoms with Gasteiger partial charge in [-0.15, -0.1) is 0 Å². The lowest BCUT2D eigenvalue weighted by Crippen LogP contribution is -2.45. The molecule has 1 atom stereocenters. The monoisotopic (exact) mass is 370 g/mol. The van der Waals surface area contributed by atoms with Crippen LogP contribution in [0.3, 0.4) is 0 Å².